The Labute approximate surface area is 191 Å². The van der Waals surface area contributed by atoms with Gasteiger partial charge < -0.3 is 15.0 Å². The van der Waals surface area contributed by atoms with Crippen LogP contribution in [0.3, 0.4) is 0 Å². The molecule has 2 unspecified atom stereocenters. The fourth-order valence-corrected chi connectivity index (χ4v) is 4.53. The fraction of sp³-hybridized carbons (Fsp3) is 0.458. The zero-order valence-corrected chi connectivity index (χ0v) is 20.4. The van der Waals surface area contributed by atoms with E-state index in [-0.39, 0.29) is 18.1 Å². The van der Waals surface area contributed by atoms with Gasteiger partial charge in [-0.1, -0.05) is 0 Å². The minimum absolute atomic E-state index is 0.172. The first-order valence-electron chi connectivity index (χ1n) is 10.9. The molecule has 0 aromatic heterocycles. The van der Waals surface area contributed by atoms with E-state index in [2.05, 4.69) is 35.7 Å². The molecule has 2 aromatic rings. The van der Waals surface area contributed by atoms with Crippen LogP contribution in [0.5, 0.6) is 0 Å². The number of nitrogens with zero attached hydrogens (tertiary/aromatic N) is 1. The van der Waals surface area contributed by atoms with E-state index in [4.69, 9.17) is 4.74 Å². The summed E-state index contributed by atoms with van der Waals surface area (Å²) in [5, 5.41) is 2.44. The number of sulfonamides is 1. The maximum absolute atomic E-state index is 12.8. The highest BCUT2D eigenvalue weighted by molar-refractivity contribution is 7.93. The molecule has 1 fully saturated rings. The van der Waals surface area contributed by atoms with Crippen LogP contribution in [-0.2, 0) is 14.8 Å². The minimum Gasteiger partial charge on any atom is -0.372 e. The summed E-state index contributed by atoms with van der Waals surface area (Å²) in [6.45, 7) is 13.1. The Morgan fingerprint density at radius 3 is 2.16 bits per heavy atom. The summed E-state index contributed by atoms with van der Waals surface area (Å²) in [7, 11) is -3.43. The number of benzene rings is 2. The number of carbonyl (C=O) groups excluding carboxylic acids is 1. The van der Waals surface area contributed by atoms with Gasteiger partial charge in [0.15, 0.2) is 0 Å². The van der Waals surface area contributed by atoms with Crippen LogP contribution >= 0.6 is 0 Å². The molecule has 1 aliphatic heterocycles. The molecule has 1 amide bonds. The summed E-state index contributed by atoms with van der Waals surface area (Å²) < 4.78 is 32.4. The van der Waals surface area contributed by atoms with Crippen LogP contribution in [0.1, 0.15) is 49.2 Å². The van der Waals surface area contributed by atoms with E-state index in [0.717, 1.165) is 35.6 Å². The van der Waals surface area contributed by atoms with Crippen molar-refractivity contribution in [2.45, 2.75) is 59.0 Å². The van der Waals surface area contributed by atoms with Crippen molar-refractivity contribution in [3.63, 3.8) is 0 Å². The maximum atomic E-state index is 12.8. The standard InChI is InChI=1S/C24H33N3O4S/c1-15(2)32(29,30)26-21-9-7-20(8-10-21)24(28)25-22-11-12-23(19(6)18(22)5)27-13-16(3)31-17(4)14-27/h7-12,15-17,26H,13-14H2,1-6H3,(H,25,28). The second-order valence-electron chi connectivity index (χ2n) is 8.77. The van der Waals surface area contributed by atoms with Gasteiger partial charge in [0.2, 0.25) is 10.0 Å². The smallest absolute Gasteiger partial charge is 0.255 e. The van der Waals surface area contributed by atoms with Gasteiger partial charge in [-0.15, -0.1) is 0 Å². The van der Waals surface area contributed by atoms with Crippen molar-refractivity contribution < 1.29 is 17.9 Å². The number of carbonyl (C=O) groups is 1. The van der Waals surface area contributed by atoms with E-state index in [1.807, 2.05) is 19.1 Å². The van der Waals surface area contributed by atoms with Crippen molar-refractivity contribution in [3.05, 3.63) is 53.1 Å². The fourth-order valence-electron chi connectivity index (χ4n) is 3.83. The molecule has 1 saturated heterocycles. The van der Waals surface area contributed by atoms with E-state index in [9.17, 15) is 13.2 Å². The summed E-state index contributed by atoms with van der Waals surface area (Å²) in [6.07, 6.45) is 0.344. The number of anilines is 3. The predicted octanol–water partition coefficient (Wildman–Crippen LogP) is 4.32. The molecule has 8 heteroatoms. The highest BCUT2D eigenvalue weighted by Crippen LogP contribution is 2.31. The molecule has 1 heterocycles. The quantitative estimate of drug-likeness (QED) is 0.672. The number of rotatable bonds is 6. The third-order valence-electron chi connectivity index (χ3n) is 5.79. The predicted molar refractivity (Wildman–Crippen MR) is 130 cm³/mol. The van der Waals surface area contributed by atoms with Crippen molar-refractivity contribution >= 4 is 33.0 Å². The third-order valence-corrected chi connectivity index (χ3v) is 7.56. The number of morpholine rings is 1. The average Bonchev–Trinajstić information content (AvgIpc) is 2.71. The van der Waals surface area contributed by atoms with Gasteiger partial charge >= 0.3 is 0 Å². The van der Waals surface area contributed by atoms with Gasteiger partial charge in [0.25, 0.3) is 5.91 Å². The largest absolute Gasteiger partial charge is 0.372 e. The van der Waals surface area contributed by atoms with Crippen molar-refractivity contribution in [2.24, 2.45) is 0 Å². The molecule has 32 heavy (non-hydrogen) atoms. The number of nitrogens with one attached hydrogen (secondary N) is 2. The zero-order valence-electron chi connectivity index (χ0n) is 19.6. The van der Waals surface area contributed by atoms with Crippen LogP contribution < -0.4 is 14.9 Å². The summed E-state index contributed by atoms with van der Waals surface area (Å²) in [4.78, 5) is 15.1. The Hall–Kier alpha value is -2.58. The van der Waals surface area contributed by atoms with Crippen LogP contribution in [0.15, 0.2) is 36.4 Å². The van der Waals surface area contributed by atoms with E-state index >= 15 is 0 Å². The van der Waals surface area contributed by atoms with E-state index in [1.54, 1.807) is 38.1 Å². The van der Waals surface area contributed by atoms with E-state index < -0.39 is 15.3 Å². The first-order chi connectivity index (χ1) is 15.0. The Kier molecular flexibility index (Phi) is 7.15. The van der Waals surface area contributed by atoms with Crippen LogP contribution in [0, 0.1) is 13.8 Å². The molecule has 0 spiro atoms. The molecule has 7 nitrogen and oxygen atoms in total. The number of amides is 1. The molecule has 0 aliphatic carbocycles. The van der Waals surface area contributed by atoms with Crippen molar-refractivity contribution in [3.8, 4) is 0 Å². The van der Waals surface area contributed by atoms with E-state index in [1.165, 1.54) is 0 Å². The van der Waals surface area contributed by atoms with Gasteiger partial charge in [-0.05, 0) is 89.1 Å². The summed E-state index contributed by atoms with van der Waals surface area (Å²) in [5.41, 5.74) is 4.95. The van der Waals surface area contributed by atoms with Crippen LogP contribution in [0.4, 0.5) is 17.1 Å². The topological polar surface area (TPSA) is 87.7 Å². The highest BCUT2D eigenvalue weighted by Gasteiger charge is 2.24. The molecule has 0 saturated carbocycles. The molecular formula is C24H33N3O4S. The van der Waals surface area contributed by atoms with E-state index in [0.29, 0.717) is 11.3 Å². The lowest BCUT2D eigenvalue weighted by atomic mass is 10.0. The molecule has 0 bridgehead atoms. The number of hydrogen-bond donors (Lipinski definition) is 2. The third kappa shape index (κ3) is 5.42. The normalized spacial score (nSPS) is 19.2. The van der Waals surface area contributed by atoms with Crippen LogP contribution in [-0.4, -0.2) is 44.9 Å². The molecular weight excluding hydrogens is 426 g/mol. The lowest BCUT2D eigenvalue weighted by Crippen LogP contribution is -2.45. The number of hydrogen-bond acceptors (Lipinski definition) is 5. The molecule has 174 valence electrons. The van der Waals surface area contributed by atoms with Gasteiger partial charge in [-0.25, -0.2) is 8.42 Å². The Morgan fingerprint density at radius 2 is 1.59 bits per heavy atom. The SMILES string of the molecule is Cc1c(NC(=O)c2ccc(NS(=O)(=O)C(C)C)cc2)ccc(N2CC(C)OC(C)C2)c1C. The second kappa shape index (κ2) is 9.50. The molecule has 2 aromatic carbocycles. The Balaban J connectivity index is 1.73. The molecule has 2 N–H and O–H groups in total. The molecule has 0 radical (unpaired) electrons. The summed E-state index contributed by atoms with van der Waals surface area (Å²) in [6, 6.07) is 10.4. The van der Waals surface area contributed by atoms with Gasteiger partial charge in [0.05, 0.1) is 17.5 Å². The average molecular weight is 460 g/mol. The Morgan fingerprint density at radius 1 is 1.00 bits per heavy atom. The minimum atomic E-state index is -3.43. The van der Waals surface area contributed by atoms with Gasteiger partial charge in [-0.3, -0.25) is 9.52 Å². The van der Waals surface area contributed by atoms with Crippen molar-refractivity contribution in [1.29, 1.82) is 0 Å². The lowest BCUT2D eigenvalue weighted by molar-refractivity contribution is -0.00525. The molecule has 3 rings (SSSR count). The molecule has 2 atom stereocenters. The first-order valence-corrected chi connectivity index (χ1v) is 12.5. The van der Waals surface area contributed by atoms with Crippen molar-refractivity contribution in [2.75, 3.05) is 28.0 Å². The van der Waals surface area contributed by atoms with Gasteiger partial charge in [0, 0.05) is 35.7 Å². The first kappa shape index (κ1) is 24.1. The summed E-state index contributed by atoms with van der Waals surface area (Å²) >= 11 is 0. The monoisotopic (exact) mass is 459 g/mol. The number of ether oxygens (including phenoxy) is 1. The van der Waals surface area contributed by atoms with Crippen LogP contribution in [0.2, 0.25) is 0 Å². The highest BCUT2D eigenvalue weighted by atomic mass is 32.2. The van der Waals surface area contributed by atoms with Crippen LogP contribution in [0.25, 0.3) is 0 Å². The lowest BCUT2D eigenvalue weighted by Gasteiger charge is -2.38. The second-order valence-corrected chi connectivity index (χ2v) is 11.0. The van der Waals surface area contributed by atoms with Gasteiger partial charge in [-0.2, -0.15) is 0 Å². The maximum Gasteiger partial charge on any atom is 0.255 e. The Bertz CT molecular complexity index is 1070. The van der Waals surface area contributed by atoms with Crippen molar-refractivity contribution in [1.82, 2.24) is 0 Å². The zero-order chi connectivity index (χ0) is 23.6. The molecule has 1 aliphatic rings. The summed E-state index contributed by atoms with van der Waals surface area (Å²) in [5.74, 6) is -0.243. The van der Waals surface area contributed by atoms with Gasteiger partial charge in [0.1, 0.15) is 0 Å².